The van der Waals surface area contributed by atoms with Crippen LogP contribution in [0.15, 0.2) is 24.3 Å². The molecule has 0 bridgehead atoms. The van der Waals surface area contributed by atoms with E-state index in [0.29, 0.717) is 12.8 Å². The summed E-state index contributed by atoms with van der Waals surface area (Å²) in [5.41, 5.74) is 0.940. The van der Waals surface area contributed by atoms with Gasteiger partial charge in [0.25, 0.3) is 0 Å². The highest BCUT2D eigenvalue weighted by atomic mass is 16.3. The van der Waals surface area contributed by atoms with Crippen LogP contribution >= 0.6 is 0 Å². The second-order valence-electron chi connectivity index (χ2n) is 3.14. The van der Waals surface area contributed by atoms with E-state index in [4.69, 9.17) is 0 Å². The van der Waals surface area contributed by atoms with E-state index < -0.39 is 12.2 Å². The van der Waals surface area contributed by atoms with Crippen LogP contribution in [-0.2, 0) is 0 Å². The Morgan fingerprint density at radius 3 is 2.50 bits per heavy atom. The molecule has 70 valence electrons. The lowest BCUT2D eigenvalue weighted by molar-refractivity contribution is 0.104. The Kier molecular flexibility index (Phi) is 5.68. The van der Waals surface area contributed by atoms with Crippen molar-refractivity contribution < 1.29 is 10.2 Å². The molecule has 12 heavy (non-hydrogen) atoms. The first-order chi connectivity index (χ1) is 5.56. The Labute approximate surface area is 74.2 Å². The number of aliphatic hydroxyl groups is 2. The SMILES string of the molecule is C=C(C)CC(O)CC(O)C=CC. The summed E-state index contributed by atoms with van der Waals surface area (Å²) in [4.78, 5) is 0. The van der Waals surface area contributed by atoms with Crippen molar-refractivity contribution in [1.82, 2.24) is 0 Å². The smallest absolute Gasteiger partial charge is 0.0745 e. The van der Waals surface area contributed by atoms with Gasteiger partial charge in [0.15, 0.2) is 0 Å². The minimum Gasteiger partial charge on any atom is -0.393 e. The average molecular weight is 170 g/mol. The van der Waals surface area contributed by atoms with Crippen molar-refractivity contribution in [1.29, 1.82) is 0 Å². The molecule has 0 saturated heterocycles. The molecule has 0 saturated carbocycles. The van der Waals surface area contributed by atoms with Gasteiger partial charge in [-0.05, 0) is 20.3 Å². The summed E-state index contributed by atoms with van der Waals surface area (Å²) in [6.07, 6.45) is 3.38. The summed E-state index contributed by atoms with van der Waals surface area (Å²) in [6, 6.07) is 0. The summed E-state index contributed by atoms with van der Waals surface area (Å²) in [5, 5.41) is 18.6. The van der Waals surface area contributed by atoms with Crippen LogP contribution in [0.1, 0.15) is 26.7 Å². The van der Waals surface area contributed by atoms with E-state index in [0.717, 1.165) is 5.57 Å². The van der Waals surface area contributed by atoms with E-state index in [1.54, 1.807) is 12.2 Å². The van der Waals surface area contributed by atoms with Gasteiger partial charge in [-0.3, -0.25) is 0 Å². The van der Waals surface area contributed by atoms with Gasteiger partial charge < -0.3 is 10.2 Å². The summed E-state index contributed by atoms with van der Waals surface area (Å²) < 4.78 is 0. The van der Waals surface area contributed by atoms with Crippen LogP contribution in [0.4, 0.5) is 0 Å². The fraction of sp³-hybridized carbons (Fsp3) is 0.600. The molecule has 0 amide bonds. The predicted octanol–water partition coefficient (Wildman–Crippen LogP) is 1.64. The largest absolute Gasteiger partial charge is 0.393 e. The molecular formula is C10H18O2. The lowest BCUT2D eigenvalue weighted by atomic mass is 10.1. The van der Waals surface area contributed by atoms with Crippen LogP contribution < -0.4 is 0 Å². The second-order valence-corrected chi connectivity index (χ2v) is 3.14. The number of hydrogen-bond donors (Lipinski definition) is 2. The zero-order valence-electron chi connectivity index (χ0n) is 7.83. The summed E-state index contributed by atoms with van der Waals surface area (Å²) in [5.74, 6) is 0. The Hall–Kier alpha value is -0.600. The highest BCUT2D eigenvalue weighted by molar-refractivity contribution is 4.93. The first-order valence-corrected chi connectivity index (χ1v) is 4.19. The Morgan fingerprint density at radius 1 is 1.50 bits per heavy atom. The molecule has 0 aromatic rings. The molecule has 0 aliphatic carbocycles. The molecule has 0 fully saturated rings. The van der Waals surface area contributed by atoms with E-state index in [1.165, 1.54) is 0 Å². The van der Waals surface area contributed by atoms with Gasteiger partial charge in [-0.1, -0.05) is 17.7 Å². The lowest BCUT2D eigenvalue weighted by Crippen LogP contribution is -2.15. The molecule has 2 atom stereocenters. The number of rotatable bonds is 5. The van der Waals surface area contributed by atoms with Crippen molar-refractivity contribution in [3.63, 3.8) is 0 Å². The van der Waals surface area contributed by atoms with Gasteiger partial charge in [-0.2, -0.15) is 0 Å². The molecule has 0 spiro atoms. The average Bonchev–Trinajstić information content (AvgIpc) is 1.84. The van der Waals surface area contributed by atoms with Crippen molar-refractivity contribution >= 4 is 0 Å². The lowest BCUT2D eigenvalue weighted by Gasteiger charge is -2.12. The van der Waals surface area contributed by atoms with Gasteiger partial charge >= 0.3 is 0 Å². The maximum Gasteiger partial charge on any atom is 0.0745 e. The minimum absolute atomic E-state index is 0.386. The molecular weight excluding hydrogens is 152 g/mol. The Balaban J connectivity index is 3.67. The second kappa shape index (κ2) is 5.98. The normalized spacial score (nSPS) is 16.3. The quantitative estimate of drug-likeness (QED) is 0.616. The zero-order chi connectivity index (χ0) is 9.56. The van der Waals surface area contributed by atoms with Crippen molar-refractivity contribution in [2.75, 3.05) is 0 Å². The predicted molar refractivity (Wildman–Crippen MR) is 50.9 cm³/mol. The van der Waals surface area contributed by atoms with E-state index in [-0.39, 0.29) is 0 Å². The van der Waals surface area contributed by atoms with Crippen LogP contribution in [0.3, 0.4) is 0 Å². The number of allylic oxidation sites excluding steroid dienone is 1. The topological polar surface area (TPSA) is 40.5 Å². The summed E-state index contributed by atoms with van der Waals surface area (Å²) in [6.45, 7) is 7.40. The van der Waals surface area contributed by atoms with E-state index in [2.05, 4.69) is 6.58 Å². The van der Waals surface area contributed by atoms with Crippen LogP contribution in [0.25, 0.3) is 0 Å². The number of hydrogen-bond acceptors (Lipinski definition) is 2. The van der Waals surface area contributed by atoms with Crippen molar-refractivity contribution in [3.05, 3.63) is 24.3 Å². The van der Waals surface area contributed by atoms with Crippen LogP contribution in [-0.4, -0.2) is 22.4 Å². The molecule has 2 heteroatoms. The summed E-state index contributed by atoms with van der Waals surface area (Å²) in [7, 11) is 0. The minimum atomic E-state index is -0.538. The Morgan fingerprint density at radius 2 is 2.08 bits per heavy atom. The van der Waals surface area contributed by atoms with Gasteiger partial charge in [0, 0.05) is 6.42 Å². The molecule has 2 nitrogen and oxygen atoms in total. The molecule has 0 rings (SSSR count). The van der Waals surface area contributed by atoms with Crippen LogP contribution in [0.2, 0.25) is 0 Å². The first-order valence-electron chi connectivity index (χ1n) is 4.19. The highest BCUT2D eigenvalue weighted by Crippen LogP contribution is 2.08. The third kappa shape index (κ3) is 6.13. The van der Waals surface area contributed by atoms with Gasteiger partial charge in [-0.25, -0.2) is 0 Å². The van der Waals surface area contributed by atoms with Crippen LogP contribution in [0, 0.1) is 0 Å². The maximum absolute atomic E-state index is 9.36. The molecule has 2 N–H and O–H groups in total. The molecule has 2 unspecified atom stereocenters. The van der Waals surface area contributed by atoms with Crippen molar-refractivity contribution in [2.45, 2.75) is 38.9 Å². The van der Waals surface area contributed by atoms with Gasteiger partial charge in [-0.15, -0.1) is 6.58 Å². The summed E-state index contributed by atoms with van der Waals surface area (Å²) >= 11 is 0. The fourth-order valence-corrected chi connectivity index (χ4v) is 1.07. The van der Waals surface area contributed by atoms with Crippen molar-refractivity contribution in [2.24, 2.45) is 0 Å². The highest BCUT2D eigenvalue weighted by Gasteiger charge is 2.08. The number of aliphatic hydroxyl groups excluding tert-OH is 2. The Bertz CT molecular complexity index is 161. The van der Waals surface area contributed by atoms with Crippen LogP contribution in [0.5, 0.6) is 0 Å². The molecule has 0 aliphatic heterocycles. The third-order valence-electron chi connectivity index (χ3n) is 1.51. The maximum atomic E-state index is 9.36. The zero-order valence-corrected chi connectivity index (χ0v) is 7.83. The van der Waals surface area contributed by atoms with Crippen molar-refractivity contribution in [3.8, 4) is 0 Å². The van der Waals surface area contributed by atoms with Gasteiger partial charge in [0.05, 0.1) is 12.2 Å². The molecule has 0 heterocycles. The first kappa shape index (κ1) is 11.4. The standard InChI is InChI=1S/C10H18O2/c1-4-5-9(11)7-10(12)6-8(2)3/h4-5,9-12H,2,6-7H2,1,3H3. The van der Waals surface area contributed by atoms with E-state index in [9.17, 15) is 10.2 Å². The van der Waals surface area contributed by atoms with Gasteiger partial charge in [0.1, 0.15) is 0 Å². The van der Waals surface area contributed by atoms with Gasteiger partial charge in [0.2, 0.25) is 0 Å². The molecule has 0 aromatic heterocycles. The molecule has 0 radical (unpaired) electrons. The van der Waals surface area contributed by atoms with E-state index >= 15 is 0 Å². The fourth-order valence-electron chi connectivity index (χ4n) is 1.07. The monoisotopic (exact) mass is 170 g/mol. The molecule has 0 aliphatic rings. The molecule has 0 aromatic carbocycles. The van der Waals surface area contributed by atoms with E-state index in [1.807, 2.05) is 13.8 Å². The third-order valence-corrected chi connectivity index (χ3v) is 1.51.